The van der Waals surface area contributed by atoms with E-state index in [4.69, 9.17) is 9.73 Å². The summed E-state index contributed by atoms with van der Waals surface area (Å²) in [6.07, 6.45) is 2.15. The zero-order valence-corrected chi connectivity index (χ0v) is 15.8. The SMILES string of the molecule is CCNC(=NCC1(C)CCCO1)NCC(c1ccc(F)cc1)N(C)C. The molecule has 0 saturated carbocycles. The van der Waals surface area contributed by atoms with Crippen LogP contribution in [0.15, 0.2) is 29.3 Å². The van der Waals surface area contributed by atoms with E-state index >= 15 is 0 Å². The fourth-order valence-corrected chi connectivity index (χ4v) is 3.03. The minimum absolute atomic E-state index is 0.128. The number of ether oxygens (including phenoxy) is 1. The van der Waals surface area contributed by atoms with E-state index in [-0.39, 0.29) is 17.5 Å². The van der Waals surface area contributed by atoms with Crippen molar-refractivity contribution in [2.24, 2.45) is 4.99 Å². The maximum atomic E-state index is 13.2. The number of rotatable bonds is 7. The third-order valence-electron chi connectivity index (χ3n) is 4.56. The molecule has 2 atom stereocenters. The molecule has 1 aromatic carbocycles. The van der Waals surface area contributed by atoms with Gasteiger partial charge in [0.05, 0.1) is 18.2 Å². The van der Waals surface area contributed by atoms with Crippen LogP contribution in [0.3, 0.4) is 0 Å². The summed E-state index contributed by atoms with van der Waals surface area (Å²) < 4.78 is 19.0. The van der Waals surface area contributed by atoms with Crippen LogP contribution in [0, 0.1) is 5.82 Å². The molecule has 2 rings (SSSR count). The Morgan fingerprint density at radius 3 is 2.60 bits per heavy atom. The van der Waals surface area contributed by atoms with Crippen LogP contribution in [0.2, 0.25) is 0 Å². The number of guanidine groups is 1. The van der Waals surface area contributed by atoms with E-state index in [0.29, 0.717) is 13.1 Å². The molecule has 5 nitrogen and oxygen atoms in total. The summed E-state index contributed by atoms with van der Waals surface area (Å²) in [6, 6.07) is 6.80. The molecule has 1 saturated heterocycles. The Labute approximate surface area is 150 Å². The van der Waals surface area contributed by atoms with Crippen LogP contribution in [0.1, 0.15) is 38.3 Å². The van der Waals surface area contributed by atoms with Crippen LogP contribution in [0.25, 0.3) is 0 Å². The molecule has 1 aliphatic heterocycles. The maximum Gasteiger partial charge on any atom is 0.191 e. The van der Waals surface area contributed by atoms with Gasteiger partial charge in [-0.15, -0.1) is 0 Å². The minimum atomic E-state index is -0.214. The van der Waals surface area contributed by atoms with Gasteiger partial charge >= 0.3 is 0 Å². The second-order valence-electron chi connectivity index (χ2n) is 7.01. The van der Waals surface area contributed by atoms with Gasteiger partial charge in [0.25, 0.3) is 0 Å². The van der Waals surface area contributed by atoms with Gasteiger partial charge in [-0.25, -0.2) is 4.39 Å². The third-order valence-corrected chi connectivity index (χ3v) is 4.56. The quantitative estimate of drug-likeness (QED) is 0.586. The van der Waals surface area contributed by atoms with E-state index < -0.39 is 0 Å². The second-order valence-corrected chi connectivity index (χ2v) is 7.01. The van der Waals surface area contributed by atoms with Gasteiger partial charge in [0.2, 0.25) is 0 Å². The van der Waals surface area contributed by atoms with E-state index in [1.165, 1.54) is 12.1 Å². The van der Waals surface area contributed by atoms with Gasteiger partial charge in [-0.2, -0.15) is 0 Å². The van der Waals surface area contributed by atoms with E-state index in [0.717, 1.165) is 37.5 Å². The molecule has 0 bridgehead atoms. The van der Waals surface area contributed by atoms with E-state index in [2.05, 4.69) is 22.5 Å². The lowest BCUT2D eigenvalue weighted by atomic mass is 10.0. The summed E-state index contributed by atoms with van der Waals surface area (Å²) in [5, 5.41) is 6.69. The molecule has 2 unspecified atom stereocenters. The molecule has 1 heterocycles. The first-order valence-electron chi connectivity index (χ1n) is 9.01. The number of hydrogen-bond acceptors (Lipinski definition) is 3. The predicted octanol–water partition coefficient (Wildman–Crippen LogP) is 2.55. The Bertz CT molecular complexity index is 553. The molecule has 0 amide bonds. The molecule has 0 radical (unpaired) electrons. The van der Waals surface area contributed by atoms with Crippen molar-refractivity contribution in [3.63, 3.8) is 0 Å². The molecule has 0 aromatic heterocycles. The van der Waals surface area contributed by atoms with E-state index in [1.54, 1.807) is 0 Å². The first kappa shape index (κ1) is 19.7. The van der Waals surface area contributed by atoms with Gasteiger partial charge in [-0.1, -0.05) is 12.1 Å². The molecule has 1 aromatic rings. The third kappa shape index (κ3) is 5.97. The second kappa shape index (κ2) is 9.15. The lowest BCUT2D eigenvalue weighted by Gasteiger charge is -2.26. The van der Waals surface area contributed by atoms with E-state index in [9.17, 15) is 4.39 Å². The van der Waals surface area contributed by atoms with Crippen LogP contribution >= 0.6 is 0 Å². The van der Waals surface area contributed by atoms with Crippen LogP contribution in [-0.4, -0.2) is 56.8 Å². The Hall–Kier alpha value is -1.66. The number of nitrogens with zero attached hydrogens (tertiary/aromatic N) is 2. The highest BCUT2D eigenvalue weighted by Crippen LogP contribution is 2.25. The van der Waals surface area contributed by atoms with Gasteiger partial charge in [0, 0.05) is 19.7 Å². The first-order valence-corrected chi connectivity index (χ1v) is 9.01. The standard InChI is InChI=1S/C19H31FN4O/c1-5-21-18(23-14-19(2)11-6-12-25-19)22-13-17(24(3)4)15-7-9-16(20)10-8-15/h7-10,17H,5-6,11-14H2,1-4H3,(H2,21,22,23). The monoisotopic (exact) mass is 350 g/mol. The van der Waals surface area contributed by atoms with Gasteiger partial charge in [0.15, 0.2) is 5.96 Å². The zero-order chi connectivity index (χ0) is 18.3. The molecule has 1 aliphatic rings. The van der Waals surface area contributed by atoms with E-state index in [1.807, 2.05) is 33.2 Å². The van der Waals surface area contributed by atoms with Gasteiger partial charge in [0.1, 0.15) is 5.82 Å². The molecule has 2 N–H and O–H groups in total. The number of halogens is 1. The van der Waals surface area contributed by atoms with Gasteiger partial charge < -0.3 is 20.3 Å². The predicted molar refractivity (Wildman–Crippen MR) is 100 cm³/mol. The summed E-state index contributed by atoms with van der Waals surface area (Å²) in [5.74, 6) is 0.571. The molecular weight excluding hydrogens is 319 g/mol. The average Bonchev–Trinajstić information content (AvgIpc) is 3.01. The number of nitrogens with one attached hydrogen (secondary N) is 2. The Morgan fingerprint density at radius 2 is 2.04 bits per heavy atom. The van der Waals surface area contributed by atoms with Crippen molar-refractivity contribution in [2.75, 3.05) is 40.3 Å². The molecule has 25 heavy (non-hydrogen) atoms. The number of hydrogen-bond donors (Lipinski definition) is 2. The van der Waals surface area contributed by atoms with Crippen molar-refractivity contribution >= 4 is 5.96 Å². The topological polar surface area (TPSA) is 48.9 Å². The highest BCUT2D eigenvalue weighted by molar-refractivity contribution is 5.79. The van der Waals surface area contributed by atoms with Gasteiger partial charge in [-0.05, 0) is 58.5 Å². The van der Waals surface area contributed by atoms with Crippen molar-refractivity contribution in [1.29, 1.82) is 0 Å². The first-order chi connectivity index (χ1) is 11.9. The smallest absolute Gasteiger partial charge is 0.191 e. The van der Waals surface area contributed by atoms with Crippen molar-refractivity contribution in [1.82, 2.24) is 15.5 Å². The molecule has 140 valence electrons. The fraction of sp³-hybridized carbons (Fsp3) is 0.632. The minimum Gasteiger partial charge on any atom is -0.373 e. The summed E-state index contributed by atoms with van der Waals surface area (Å²) in [5.41, 5.74) is 0.918. The summed E-state index contributed by atoms with van der Waals surface area (Å²) in [7, 11) is 4.04. The van der Waals surface area contributed by atoms with Crippen molar-refractivity contribution in [2.45, 2.75) is 38.3 Å². The maximum absolute atomic E-state index is 13.2. The number of benzene rings is 1. The highest BCUT2D eigenvalue weighted by Gasteiger charge is 2.29. The summed E-state index contributed by atoms with van der Waals surface area (Å²) >= 11 is 0. The van der Waals surface area contributed by atoms with Crippen LogP contribution in [0.5, 0.6) is 0 Å². The summed E-state index contributed by atoms with van der Waals surface area (Å²) in [4.78, 5) is 6.81. The Balaban J connectivity index is 2.00. The number of likely N-dealkylation sites (N-methyl/N-ethyl adjacent to an activating group) is 1. The van der Waals surface area contributed by atoms with Crippen molar-refractivity contribution < 1.29 is 9.13 Å². The molecule has 0 spiro atoms. The fourth-order valence-electron chi connectivity index (χ4n) is 3.03. The lowest BCUT2D eigenvalue weighted by Crippen LogP contribution is -2.42. The van der Waals surface area contributed by atoms with Crippen LogP contribution in [0.4, 0.5) is 4.39 Å². The summed E-state index contributed by atoms with van der Waals surface area (Å²) in [6.45, 7) is 7.12. The van der Waals surface area contributed by atoms with Crippen LogP contribution < -0.4 is 10.6 Å². The number of aliphatic imine (C=N–C) groups is 1. The molecule has 1 fully saturated rings. The zero-order valence-electron chi connectivity index (χ0n) is 15.8. The molecule has 6 heteroatoms. The lowest BCUT2D eigenvalue weighted by molar-refractivity contribution is 0.0283. The largest absolute Gasteiger partial charge is 0.373 e. The van der Waals surface area contributed by atoms with Crippen molar-refractivity contribution in [3.05, 3.63) is 35.6 Å². The molecular formula is C19H31FN4O. The normalized spacial score (nSPS) is 22.2. The molecule has 0 aliphatic carbocycles. The van der Waals surface area contributed by atoms with Crippen LogP contribution in [-0.2, 0) is 4.74 Å². The Morgan fingerprint density at radius 1 is 1.32 bits per heavy atom. The average molecular weight is 350 g/mol. The Kier molecular flexibility index (Phi) is 7.20. The highest BCUT2D eigenvalue weighted by atomic mass is 19.1. The van der Waals surface area contributed by atoms with Crippen molar-refractivity contribution in [3.8, 4) is 0 Å². The van der Waals surface area contributed by atoms with Gasteiger partial charge in [-0.3, -0.25) is 4.99 Å².